The van der Waals surface area contributed by atoms with Crippen LogP contribution in [0.4, 0.5) is 0 Å². The van der Waals surface area contributed by atoms with Crippen molar-refractivity contribution in [3.63, 3.8) is 0 Å². The van der Waals surface area contributed by atoms with Crippen molar-refractivity contribution in [1.29, 1.82) is 0 Å². The van der Waals surface area contributed by atoms with Gasteiger partial charge in [-0.1, -0.05) is 18.2 Å². The van der Waals surface area contributed by atoms with Crippen LogP contribution >= 0.6 is 0 Å². The molecule has 2 amide bonds. The van der Waals surface area contributed by atoms with Crippen LogP contribution in [-0.4, -0.2) is 48.3 Å². The molecule has 1 aliphatic rings. The first-order valence-corrected chi connectivity index (χ1v) is 5.61. The normalized spacial score (nSPS) is 16.9. The molecule has 0 bridgehead atoms. The predicted molar refractivity (Wildman–Crippen MR) is 64.3 cm³/mol. The van der Waals surface area contributed by atoms with Crippen molar-refractivity contribution < 1.29 is 9.59 Å². The van der Waals surface area contributed by atoms with E-state index in [0.29, 0.717) is 25.2 Å². The minimum absolute atomic E-state index is 0.0200. The molecule has 1 fully saturated rings. The summed E-state index contributed by atoms with van der Waals surface area (Å²) in [5, 5.41) is 0. The van der Waals surface area contributed by atoms with Crippen LogP contribution in [0.25, 0.3) is 0 Å². The first-order chi connectivity index (χ1) is 8.18. The molecule has 0 aliphatic carbocycles. The summed E-state index contributed by atoms with van der Waals surface area (Å²) in [6.07, 6.45) is 1.55. The van der Waals surface area contributed by atoms with Gasteiger partial charge in [0.2, 0.25) is 5.91 Å². The third-order valence-electron chi connectivity index (χ3n) is 2.88. The highest BCUT2D eigenvalue weighted by atomic mass is 16.2. The zero-order chi connectivity index (χ0) is 12.3. The molecule has 1 aromatic carbocycles. The molecular weight excluding hydrogens is 216 g/mol. The Balaban J connectivity index is 2.08. The number of carbonyl (C=O) groups excluding carboxylic acids is 2. The van der Waals surface area contributed by atoms with Gasteiger partial charge in [-0.3, -0.25) is 9.59 Å². The van der Waals surface area contributed by atoms with Gasteiger partial charge in [0.05, 0.1) is 6.42 Å². The van der Waals surface area contributed by atoms with E-state index in [1.807, 2.05) is 18.2 Å². The SMILES string of the molecule is CN1CCN(C(=O)c2ccccc2)C[CH]C1=O. The molecule has 0 atom stereocenters. The molecule has 4 nitrogen and oxygen atoms in total. The number of hydrogen-bond acceptors (Lipinski definition) is 2. The van der Waals surface area contributed by atoms with E-state index in [0.717, 1.165) is 0 Å². The van der Waals surface area contributed by atoms with Gasteiger partial charge in [-0.05, 0) is 12.1 Å². The van der Waals surface area contributed by atoms with Gasteiger partial charge < -0.3 is 9.80 Å². The molecule has 89 valence electrons. The highest BCUT2D eigenvalue weighted by Crippen LogP contribution is 2.08. The van der Waals surface area contributed by atoms with E-state index >= 15 is 0 Å². The molecule has 1 aromatic rings. The van der Waals surface area contributed by atoms with Crippen LogP contribution in [0.5, 0.6) is 0 Å². The average molecular weight is 231 g/mol. The fraction of sp³-hybridized carbons (Fsp3) is 0.308. The Hall–Kier alpha value is -1.84. The van der Waals surface area contributed by atoms with Crippen LogP contribution in [0.15, 0.2) is 30.3 Å². The van der Waals surface area contributed by atoms with E-state index in [2.05, 4.69) is 0 Å². The minimum Gasteiger partial charge on any atom is -0.344 e. The van der Waals surface area contributed by atoms with Crippen molar-refractivity contribution in [2.75, 3.05) is 26.7 Å². The molecule has 0 aromatic heterocycles. The molecule has 0 saturated carbocycles. The van der Waals surface area contributed by atoms with Gasteiger partial charge in [0.25, 0.3) is 5.91 Å². The number of rotatable bonds is 1. The quantitative estimate of drug-likeness (QED) is 0.717. The number of benzene rings is 1. The number of likely N-dealkylation sites (N-methyl/N-ethyl adjacent to an activating group) is 1. The average Bonchev–Trinajstić information content (AvgIpc) is 2.53. The molecule has 1 aliphatic heterocycles. The lowest BCUT2D eigenvalue weighted by atomic mass is 10.2. The van der Waals surface area contributed by atoms with Gasteiger partial charge in [-0.15, -0.1) is 0 Å². The summed E-state index contributed by atoms with van der Waals surface area (Å²) in [5.41, 5.74) is 0.665. The van der Waals surface area contributed by atoms with E-state index in [4.69, 9.17) is 0 Å². The first-order valence-electron chi connectivity index (χ1n) is 5.61. The predicted octanol–water partition coefficient (Wildman–Crippen LogP) is 0.805. The molecular formula is C13H15N2O2. The zero-order valence-corrected chi connectivity index (χ0v) is 9.80. The summed E-state index contributed by atoms with van der Waals surface area (Å²) in [7, 11) is 1.75. The van der Waals surface area contributed by atoms with Crippen molar-refractivity contribution in [3.05, 3.63) is 42.3 Å². The van der Waals surface area contributed by atoms with Crippen LogP contribution in [-0.2, 0) is 4.79 Å². The van der Waals surface area contributed by atoms with E-state index in [9.17, 15) is 9.59 Å². The Morgan fingerprint density at radius 3 is 2.59 bits per heavy atom. The van der Waals surface area contributed by atoms with E-state index in [1.165, 1.54) is 0 Å². The van der Waals surface area contributed by atoms with Crippen LogP contribution in [0.1, 0.15) is 10.4 Å². The Kier molecular flexibility index (Phi) is 3.42. The first kappa shape index (κ1) is 11.6. The molecule has 1 heterocycles. The molecule has 4 heteroatoms. The number of amides is 2. The summed E-state index contributed by atoms with van der Waals surface area (Å²) >= 11 is 0. The van der Waals surface area contributed by atoms with Crippen molar-refractivity contribution in [3.8, 4) is 0 Å². The maximum atomic E-state index is 12.1. The second-order valence-corrected chi connectivity index (χ2v) is 4.08. The van der Waals surface area contributed by atoms with E-state index < -0.39 is 0 Å². The molecule has 17 heavy (non-hydrogen) atoms. The largest absolute Gasteiger partial charge is 0.344 e. The summed E-state index contributed by atoms with van der Waals surface area (Å²) in [4.78, 5) is 26.9. The van der Waals surface area contributed by atoms with Gasteiger partial charge in [-0.2, -0.15) is 0 Å². The highest BCUT2D eigenvalue weighted by Gasteiger charge is 2.22. The van der Waals surface area contributed by atoms with E-state index in [1.54, 1.807) is 35.4 Å². The molecule has 0 spiro atoms. The smallest absolute Gasteiger partial charge is 0.253 e. The zero-order valence-electron chi connectivity index (χ0n) is 9.80. The highest BCUT2D eigenvalue weighted by molar-refractivity contribution is 5.95. The molecule has 1 radical (unpaired) electrons. The second kappa shape index (κ2) is 4.99. The van der Waals surface area contributed by atoms with Crippen LogP contribution in [0.3, 0.4) is 0 Å². The monoisotopic (exact) mass is 231 g/mol. The lowest BCUT2D eigenvalue weighted by molar-refractivity contribution is -0.125. The Labute approximate surface area is 101 Å². The summed E-state index contributed by atoms with van der Waals surface area (Å²) in [5.74, 6) is -0.0432. The third kappa shape index (κ3) is 2.64. The maximum Gasteiger partial charge on any atom is 0.253 e. The van der Waals surface area contributed by atoms with Gasteiger partial charge in [-0.25, -0.2) is 0 Å². The summed E-state index contributed by atoms with van der Waals surface area (Å²) in [6.45, 7) is 1.54. The van der Waals surface area contributed by atoms with Gasteiger partial charge >= 0.3 is 0 Å². The van der Waals surface area contributed by atoms with Crippen LogP contribution < -0.4 is 0 Å². The Morgan fingerprint density at radius 2 is 1.88 bits per heavy atom. The molecule has 2 rings (SSSR count). The minimum atomic E-state index is -0.0232. The van der Waals surface area contributed by atoms with Crippen LogP contribution in [0.2, 0.25) is 0 Å². The van der Waals surface area contributed by atoms with Gasteiger partial charge in [0.1, 0.15) is 0 Å². The maximum absolute atomic E-state index is 12.1. The lowest BCUT2D eigenvalue weighted by Gasteiger charge is -2.20. The standard InChI is InChI=1S/C13H15N2O2/c1-14-9-10-15(8-7-12(14)16)13(17)11-5-3-2-4-6-11/h2-7H,8-10H2,1H3. The number of nitrogens with zero attached hydrogens (tertiary/aromatic N) is 2. The Bertz CT molecular complexity index is 417. The van der Waals surface area contributed by atoms with Crippen molar-refractivity contribution >= 4 is 11.8 Å². The van der Waals surface area contributed by atoms with Gasteiger partial charge in [0, 0.05) is 32.2 Å². The van der Waals surface area contributed by atoms with Crippen molar-refractivity contribution in [1.82, 2.24) is 9.80 Å². The second-order valence-electron chi connectivity index (χ2n) is 4.08. The van der Waals surface area contributed by atoms with Gasteiger partial charge in [0.15, 0.2) is 0 Å². The summed E-state index contributed by atoms with van der Waals surface area (Å²) in [6, 6.07) is 9.14. The summed E-state index contributed by atoms with van der Waals surface area (Å²) < 4.78 is 0. The van der Waals surface area contributed by atoms with Crippen LogP contribution in [0, 0.1) is 6.42 Å². The number of hydrogen-bond donors (Lipinski definition) is 0. The van der Waals surface area contributed by atoms with Crippen molar-refractivity contribution in [2.24, 2.45) is 0 Å². The number of carbonyl (C=O) groups is 2. The Morgan fingerprint density at radius 1 is 1.18 bits per heavy atom. The third-order valence-corrected chi connectivity index (χ3v) is 2.88. The van der Waals surface area contributed by atoms with Crippen molar-refractivity contribution in [2.45, 2.75) is 0 Å². The molecule has 1 saturated heterocycles. The molecule has 0 N–H and O–H groups in total. The lowest BCUT2D eigenvalue weighted by Crippen LogP contribution is -2.34. The topological polar surface area (TPSA) is 40.6 Å². The fourth-order valence-corrected chi connectivity index (χ4v) is 1.76. The van der Waals surface area contributed by atoms with E-state index in [-0.39, 0.29) is 11.8 Å². The fourth-order valence-electron chi connectivity index (χ4n) is 1.76. The molecule has 0 unspecified atom stereocenters.